The van der Waals surface area contributed by atoms with E-state index in [1.165, 1.54) is 0 Å². The number of pyridine rings is 1. The Morgan fingerprint density at radius 1 is 0.811 bits per heavy atom. The maximum atomic E-state index is 12.2. The summed E-state index contributed by atoms with van der Waals surface area (Å²) >= 11 is 0. The van der Waals surface area contributed by atoms with Crippen LogP contribution in [0, 0.1) is 17.8 Å². The summed E-state index contributed by atoms with van der Waals surface area (Å²) in [6.07, 6.45) is 2.50. The van der Waals surface area contributed by atoms with Gasteiger partial charge in [-0.1, -0.05) is 47.6 Å². The first-order valence-electron chi connectivity index (χ1n) is 12.8. The summed E-state index contributed by atoms with van der Waals surface area (Å²) in [6.45, 7) is 14.0. The van der Waals surface area contributed by atoms with Gasteiger partial charge in [-0.25, -0.2) is 4.98 Å². The van der Waals surface area contributed by atoms with Crippen LogP contribution in [0.5, 0.6) is 11.6 Å². The first-order chi connectivity index (χ1) is 17.0. The van der Waals surface area contributed by atoms with Gasteiger partial charge in [-0.15, -0.1) is 12.4 Å². The van der Waals surface area contributed by atoms with Crippen LogP contribution in [-0.2, 0) is 25.5 Å². The van der Waals surface area contributed by atoms with Gasteiger partial charge in [0.1, 0.15) is 11.6 Å². The Labute approximate surface area is 226 Å². The van der Waals surface area contributed by atoms with Gasteiger partial charge in [-0.05, 0) is 50.4 Å². The highest BCUT2D eigenvalue weighted by Crippen LogP contribution is 2.31. The number of nitrogens with zero attached hydrogens (tertiary/aromatic N) is 1. The first-order valence-corrected chi connectivity index (χ1v) is 12.8. The van der Waals surface area contributed by atoms with E-state index in [4.69, 9.17) is 14.2 Å². The number of halogens is 1. The molecule has 1 aromatic heterocycles. The van der Waals surface area contributed by atoms with Gasteiger partial charge in [-0.3, -0.25) is 14.4 Å². The largest absolute Gasteiger partial charge is 0.461 e. The lowest BCUT2D eigenvalue weighted by Gasteiger charge is -2.16. The van der Waals surface area contributed by atoms with Crippen LogP contribution in [0.2, 0.25) is 0 Å². The molecule has 2 rings (SSSR count). The third-order valence-electron chi connectivity index (χ3n) is 5.51. The average molecular weight is 537 g/mol. The molecule has 8 nitrogen and oxygen atoms in total. The van der Waals surface area contributed by atoms with Gasteiger partial charge < -0.3 is 19.5 Å². The molecule has 0 spiro atoms. The van der Waals surface area contributed by atoms with Crippen molar-refractivity contribution in [2.45, 2.75) is 73.8 Å². The molecule has 0 amide bonds. The van der Waals surface area contributed by atoms with E-state index in [2.05, 4.69) is 10.3 Å². The SMILES string of the molecule is CC(CNCCCCc1ccc(OC(=O)C(C)C)c2nc(OC(=O)C(C)C)ccc12)OC(=O)C(C)C.Cl. The molecule has 37 heavy (non-hydrogen) atoms. The number of carbonyl (C=O) groups excluding carboxylic acids is 3. The number of aryl methyl sites for hydroxylation is 1. The molecule has 0 saturated carbocycles. The normalized spacial score (nSPS) is 11.9. The molecule has 1 N–H and O–H groups in total. The van der Waals surface area contributed by atoms with Gasteiger partial charge in [-0.2, -0.15) is 0 Å². The lowest BCUT2D eigenvalue weighted by atomic mass is 10.0. The molecule has 0 aliphatic heterocycles. The lowest BCUT2D eigenvalue weighted by molar-refractivity contribution is -0.151. The zero-order valence-electron chi connectivity index (χ0n) is 23.0. The van der Waals surface area contributed by atoms with Gasteiger partial charge in [0.15, 0.2) is 5.75 Å². The van der Waals surface area contributed by atoms with Gasteiger partial charge in [0.05, 0.1) is 17.8 Å². The van der Waals surface area contributed by atoms with E-state index in [1.54, 1.807) is 39.8 Å². The minimum atomic E-state index is -0.375. The number of hydrogen-bond acceptors (Lipinski definition) is 8. The molecule has 1 unspecified atom stereocenters. The van der Waals surface area contributed by atoms with Crippen LogP contribution in [0.3, 0.4) is 0 Å². The Morgan fingerprint density at radius 3 is 2.05 bits per heavy atom. The van der Waals surface area contributed by atoms with Crippen molar-refractivity contribution in [1.29, 1.82) is 0 Å². The van der Waals surface area contributed by atoms with Crippen LogP contribution in [-0.4, -0.2) is 42.1 Å². The smallest absolute Gasteiger partial charge is 0.315 e. The Morgan fingerprint density at radius 2 is 1.43 bits per heavy atom. The van der Waals surface area contributed by atoms with E-state index in [9.17, 15) is 14.4 Å². The summed E-state index contributed by atoms with van der Waals surface area (Å²) in [5, 5.41) is 4.19. The van der Waals surface area contributed by atoms with E-state index < -0.39 is 0 Å². The van der Waals surface area contributed by atoms with Crippen molar-refractivity contribution in [3.63, 3.8) is 0 Å². The molecule has 9 heteroatoms. The van der Waals surface area contributed by atoms with Crippen LogP contribution < -0.4 is 14.8 Å². The highest BCUT2D eigenvalue weighted by Gasteiger charge is 2.17. The number of aromatic nitrogens is 1. The summed E-state index contributed by atoms with van der Waals surface area (Å²) in [5.74, 6) is -1.09. The Kier molecular flexibility index (Phi) is 13.6. The monoisotopic (exact) mass is 536 g/mol. The van der Waals surface area contributed by atoms with E-state index in [1.807, 2.05) is 32.9 Å². The maximum Gasteiger partial charge on any atom is 0.315 e. The molecular formula is C28H41ClN2O6. The molecule has 206 valence electrons. The number of ether oxygens (including phenoxy) is 3. The van der Waals surface area contributed by atoms with Crippen molar-refractivity contribution >= 4 is 41.2 Å². The molecule has 1 atom stereocenters. The third kappa shape index (κ3) is 10.3. The van der Waals surface area contributed by atoms with Gasteiger partial charge in [0.2, 0.25) is 5.88 Å². The molecule has 0 bridgehead atoms. The van der Waals surface area contributed by atoms with Crippen LogP contribution in [0.25, 0.3) is 10.9 Å². The number of hydrogen-bond donors (Lipinski definition) is 1. The summed E-state index contributed by atoms with van der Waals surface area (Å²) < 4.78 is 16.3. The fourth-order valence-corrected chi connectivity index (χ4v) is 3.28. The van der Waals surface area contributed by atoms with Crippen molar-refractivity contribution in [3.05, 3.63) is 29.8 Å². The third-order valence-corrected chi connectivity index (χ3v) is 5.51. The van der Waals surface area contributed by atoms with E-state index >= 15 is 0 Å². The molecule has 2 aromatic rings. The number of rotatable bonds is 13. The highest BCUT2D eigenvalue weighted by molar-refractivity contribution is 5.90. The van der Waals surface area contributed by atoms with Crippen LogP contribution in [0.15, 0.2) is 24.3 Å². The van der Waals surface area contributed by atoms with Crippen LogP contribution in [0.1, 0.15) is 66.9 Å². The molecule has 0 aliphatic rings. The summed E-state index contributed by atoms with van der Waals surface area (Å²) in [5.41, 5.74) is 1.57. The van der Waals surface area contributed by atoms with Gasteiger partial charge in [0.25, 0.3) is 0 Å². The topological polar surface area (TPSA) is 104 Å². The van der Waals surface area contributed by atoms with Crippen molar-refractivity contribution < 1.29 is 28.6 Å². The quantitative estimate of drug-likeness (QED) is 0.209. The second-order valence-corrected chi connectivity index (χ2v) is 9.98. The molecule has 1 aromatic carbocycles. The average Bonchev–Trinajstić information content (AvgIpc) is 2.81. The zero-order chi connectivity index (χ0) is 26.8. The van der Waals surface area contributed by atoms with Gasteiger partial charge >= 0.3 is 17.9 Å². The lowest BCUT2D eigenvalue weighted by Crippen LogP contribution is -2.30. The Hall–Kier alpha value is -2.71. The Balaban J connectivity index is 0.00000684. The second-order valence-electron chi connectivity index (χ2n) is 9.98. The minimum absolute atomic E-state index is 0. The first kappa shape index (κ1) is 32.3. The number of carbonyl (C=O) groups is 3. The fraction of sp³-hybridized carbons (Fsp3) is 0.571. The maximum absolute atomic E-state index is 12.2. The van der Waals surface area contributed by atoms with E-state index in [0.717, 1.165) is 36.8 Å². The summed E-state index contributed by atoms with van der Waals surface area (Å²) in [7, 11) is 0. The predicted molar refractivity (Wildman–Crippen MR) is 146 cm³/mol. The van der Waals surface area contributed by atoms with Gasteiger partial charge in [0, 0.05) is 18.0 Å². The highest BCUT2D eigenvalue weighted by atomic mass is 35.5. The number of fused-ring (bicyclic) bond motifs is 1. The molecule has 0 aliphatic carbocycles. The van der Waals surface area contributed by atoms with Crippen molar-refractivity contribution in [2.24, 2.45) is 17.8 Å². The molecule has 0 fully saturated rings. The summed E-state index contributed by atoms with van der Waals surface area (Å²) in [6, 6.07) is 7.23. The van der Waals surface area contributed by atoms with Crippen molar-refractivity contribution in [2.75, 3.05) is 13.1 Å². The van der Waals surface area contributed by atoms with Crippen LogP contribution in [0.4, 0.5) is 0 Å². The van der Waals surface area contributed by atoms with Crippen LogP contribution >= 0.6 is 12.4 Å². The minimum Gasteiger partial charge on any atom is -0.461 e. The van der Waals surface area contributed by atoms with Crippen molar-refractivity contribution in [1.82, 2.24) is 10.3 Å². The predicted octanol–water partition coefficient (Wildman–Crippen LogP) is 5.28. The fourth-order valence-electron chi connectivity index (χ4n) is 3.28. The Bertz CT molecular complexity index is 1050. The molecule has 1 heterocycles. The standard InChI is InChI=1S/C28H40N2O6.ClH/c1-17(2)26(31)34-20(7)16-29-15-9-8-10-21-11-13-23(35-27(32)18(3)4)25-22(21)12-14-24(30-25)36-28(33)19(5)6;/h11-14,17-20,29H,8-10,15-16H2,1-7H3;1H. The summed E-state index contributed by atoms with van der Waals surface area (Å²) in [4.78, 5) is 40.5. The molecular weight excluding hydrogens is 496 g/mol. The van der Waals surface area contributed by atoms with Crippen molar-refractivity contribution in [3.8, 4) is 11.6 Å². The number of unbranched alkanes of at least 4 members (excludes halogenated alkanes) is 1. The second kappa shape index (κ2) is 15.5. The zero-order valence-corrected chi connectivity index (χ0v) is 23.8. The van der Waals surface area contributed by atoms with E-state index in [-0.39, 0.29) is 60.1 Å². The molecule has 0 radical (unpaired) electrons. The number of nitrogens with one attached hydrogen (secondary N) is 1. The molecule has 0 saturated heterocycles. The van der Waals surface area contributed by atoms with E-state index in [0.29, 0.717) is 17.8 Å². The number of benzene rings is 1. The number of esters is 3.